The van der Waals surface area contributed by atoms with Crippen molar-refractivity contribution in [3.8, 4) is 0 Å². The van der Waals surface area contributed by atoms with Crippen molar-refractivity contribution < 1.29 is 0 Å². The average molecular weight is 197 g/mol. The van der Waals surface area contributed by atoms with Crippen molar-refractivity contribution in [1.82, 2.24) is 5.32 Å². The lowest BCUT2D eigenvalue weighted by molar-refractivity contribution is 0.217. The maximum absolute atomic E-state index is 3.68. The normalized spacial score (nSPS) is 19.7. The molecule has 0 aromatic carbocycles. The first-order valence-electron chi connectivity index (χ1n) is 6.55. The van der Waals surface area contributed by atoms with Gasteiger partial charge in [-0.3, -0.25) is 0 Å². The van der Waals surface area contributed by atoms with Crippen LogP contribution in [0.25, 0.3) is 0 Å². The smallest absolute Gasteiger partial charge is 0.00976 e. The Labute approximate surface area is 89.7 Å². The predicted octanol–water partition coefficient (Wildman–Crippen LogP) is 3.59. The molecule has 0 aromatic rings. The third kappa shape index (κ3) is 3.27. The van der Waals surface area contributed by atoms with Crippen molar-refractivity contribution >= 4 is 0 Å². The fourth-order valence-corrected chi connectivity index (χ4v) is 2.65. The fourth-order valence-electron chi connectivity index (χ4n) is 2.65. The van der Waals surface area contributed by atoms with E-state index in [9.17, 15) is 0 Å². The first-order chi connectivity index (χ1) is 6.81. The van der Waals surface area contributed by atoms with E-state index >= 15 is 0 Å². The van der Waals surface area contributed by atoms with E-state index in [1.165, 1.54) is 38.5 Å². The van der Waals surface area contributed by atoms with Gasteiger partial charge in [0.15, 0.2) is 0 Å². The molecule has 0 spiro atoms. The zero-order chi connectivity index (χ0) is 10.4. The Morgan fingerprint density at radius 1 is 1.14 bits per heavy atom. The Morgan fingerprint density at radius 3 is 2.14 bits per heavy atom. The summed E-state index contributed by atoms with van der Waals surface area (Å²) in [6.45, 7) is 8.03. The molecule has 1 heteroatoms. The lowest BCUT2D eigenvalue weighted by atomic mass is 9.77. The minimum atomic E-state index is 0.792. The van der Waals surface area contributed by atoms with Crippen LogP contribution < -0.4 is 5.32 Å². The summed E-state index contributed by atoms with van der Waals surface area (Å²) in [6.07, 6.45) is 8.55. The molecule has 0 bridgehead atoms. The highest BCUT2D eigenvalue weighted by molar-refractivity contribution is 4.81. The van der Waals surface area contributed by atoms with Gasteiger partial charge in [-0.05, 0) is 24.8 Å². The molecular formula is C13H27N. The molecule has 1 unspecified atom stereocenters. The van der Waals surface area contributed by atoms with Gasteiger partial charge >= 0.3 is 0 Å². The van der Waals surface area contributed by atoms with Crippen molar-refractivity contribution in [2.45, 2.75) is 65.3 Å². The highest BCUT2D eigenvalue weighted by Gasteiger charge is 2.25. The molecule has 1 rings (SSSR count). The van der Waals surface area contributed by atoms with Crippen molar-refractivity contribution in [3.63, 3.8) is 0 Å². The van der Waals surface area contributed by atoms with Crippen molar-refractivity contribution in [2.75, 3.05) is 6.54 Å². The van der Waals surface area contributed by atoms with Crippen LogP contribution in [0.15, 0.2) is 0 Å². The van der Waals surface area contributed by atoms with Gasteiger partial charge in [0, 0.05) is 6.04 Å². The molecule has 1 atom stereocenters. The van der Waals surface area contributed by atoms with Gasteiger partial charge in [-0.1, -0.05) is 52.9 Å². The quantitative estimate of drug-likeness (QED) is 0.657. The molecule has 1 N–H and O–H groups in total. The van der Waals surface area contributed by atoms with Crippen molar-refractivity contribution in [1.29, 1.82) is 0 Å². The molecule has 1 aliphatic rings. The van der Waals surface area contributed by atoms with Gasteiger partial charge in [-0.2, -0.15) is 0 Å². The minimum Gasteiger partial charge on any atom is -0.314 e. The van der Waals surface area contributed by atoms with Crippen LogP contribution in [0.1, 0.15) is 59.3 Å². The lowest BCUT2D eigenvalue weighted by Gasteiger charge is -2.33. The maximum atomic E-state index is 3.68. The van der Waals surface area contributed by atoms with E-state index < -0.39 is 0 Å². The molecule has 0 saturated heterocycles. The first kappa shape index (κ1) is 12.0. The van der Waals surface area contributed by atoms with Gasteiger partial charge in [0.1, 0.15) is 0 Å². The molecule has 0 heterocycles. The monoisotopic (exact) mass is 197 g/mol. The van der Waals surface area contributed by atoms with Gasteiger partial charge in [0.2, 0.25) is 0 Å². The summed E-state index contributed by atoms with van der Waals surface area (Å²) in [5, 5.41) is 3.68. The molecule has 0 radical (unpaired) electrons. The van der Waals surface area contributed by atoms with Crippen LogP contribution in [0.3, 0.4) is 0 Å². The van der Waals surface area contributed by atoms with E-state index in [0.29, 0.717) is 0 Å². The van der Waals surface area contributed by atoms with Crippen LogP contribution in [-0.2, 0) is 0 Å². The lowest BCUT2D eigenvalue weighted by Crippen LogP contribution is -2.38. The summed E-state index contributed by atoms with van der Waals surface area (Å²) in [5.41, 5.74) is 0. The maximum Gasteiger partial charge on any atom is 0.00976 e. The summed E-state index contributed by atoms with van der Waals surface area (Å²) in [6, 6.07) is 0.792. The Morgan fingerprint density at radius 2 is 1.79 bits per heavy atom. The number of rotatable bonds is 7. The highest BCUT2D eigenvalue weighted by Crippen LogP contribution is 2.32. The van der Waals surface area contributed by atoms with E-state index in [1.807, 2.05) is 0 Å². The standard InChI is InChI=1S/C13H27N/c1-4-12(5-2)13(14-6-3)10-11-8-7-9-11/h11-14H,4-10H2,1-3H3. The molecular weight excluding hydrogens is 170 g/mol. The predicted molar refractivity (Wildman–Crippen MR) is 63.5 cm³/mol. The van der Waals surface area contributed by atoms with E-state index in [4.69, 9.17) is 0 Å². The number of nitrogens with one attached hydrogen (secondary N) is 1. The molecule has 0 aliphatic heterocycles. The van der Waals surface area contributed by atoms with Crippen molar-refractivity contribution in [3.05, 3.63) is 0 Å². The second kappa shape index (κ2) is 6.44. The number of hydrogen-bond donors (Lipinski definition) is 1. The minimum absolute atomic E-state index is 0.792. The Bertz CT molecular complexity index is 136. The fraction of sp³-hybridized carbons (Fsp3) is 1.00. The SMILES string of the molecule is CCNC(CC1CCC1)C(CC)CC. The van der Waals surface area contributed by atoms with Gasteiger partial charge in [-0.25, -0.2) is 0 Å². The molecule has 84 valence electrons. The van der Waals surface area contributed by atoms with Gasteiger partial charge in [-0.15, -0.1) is 0 Å². The highest BCUT2D eigenvalue weighted by atomic mass is 14.9. The molecule has 1 saturated carbocycles. The molecule has 1 nitrogen and oxygen atoms in total. The third-order valence-electron chi connectivity index (χ3n) is 3.90. The van der Waals surface area contributed by atoms with Crippen LogP contribution >= 0.6 is 0 Å². The Kier molecular flexibility index (Phi) is 5.54. The van der Waals surface area contributed by atoms with E-state index in [2.05, 4.69) is 26.1 Å². The molecule has 1 aliphatic carbocycles. The Hall–Kier alpha value is -0.0400. The van der Waals surface area contributed by atoms with Crippen LogP contribution in [0, 0.1) is 11.8 Å². The summed E-state index contributed by atoms with van der Waals surface area (Å²) in [5.74, 6) is 1.94. The summed E-state index contributed by atoms with van der Waals surface area (Å²) < 4.78 is 0. The van der Waals surface area contributed by atoms with Gasteiger partial charge in [0.25, 0.3) is 0 Å². The van der Waals surface area contributed by atoms with E-state index in [1.54, 1.807) is 0 Å². The molecule has 0 amide bonds. The summed E-state index contributed by atoms with van der Waals surface area (Å²) in [7, 11) is 0. The molecule has 14 heavy (non-hydrogen) atoms. The van der Waals surface area contributed by atoms with E-state index in [0.717, 1.165) is 24.4 Å². The largest absolute Gasteiger partial charge is 0.314 e. The van der Waals surface area contributed by atoms with Crippen LogP contribution in [0.2, 0.25) is 0 Å². The average Bonchev–Trinajstić information content (AvgIpc) is 2.13. The molecule has 0 aromatic heterocycles. The topological polar surface area (TPSA) is 12.0 Å². The van der Waals surface area contributed by atoms with Gasteiger partial charge in [0.05, 0.1) is 0 Å². The van der Waals surface area contributed by atoms with Crippen LogP contribution in [0.4, 0.5) is 0 Å². The second-order valence-corrected chi connectivity index (χ2v) is 4.77. The van der Waals surface area contributed by atoms with Crippen LogP contribution in [0.5, 0.6) is 0 Å². The Balaban J connectivity index is 2.34. The summed E-state index contributed by atoms with van der Waals surface area (Å²) in [4.78, 5) is 0. The van der Waals surface area contributed by atoms with Gasteiger partial charge < -0.3 is 5.32 Å². The van der Waals surface area contributed by atoms with Crippen molar-refractivity contribution in [2.24, 2.45) is 11.8 Å². The molecule has 1 fully saturated rings. The summed E-state index contributed by atoms with van der Waals surface area (Å²) >= 11 is 0. The third-order valence-corrected chi connectivity index (χ3v) is 3.90. The zero-order valence-corrected chi connectivity index (χ0v) is 10.2. The second-order valence-electron chi connectivity index (χ2n) is 4.77. The van der Waals surface area contributed by atoms with Crippen LogP contribution in [-0.4, -0.2) is 12.6 Å². The first-order valence-corrected chi connectivity index (χ1v) is 6.55. The zero-order valence-electron chi connectivity index (χ0n) is 10.2. The van der Waals surface area contributed by atoms with E-state index in [-0.39, 0.29) is 0 Å². The number of hydrogen-bond acceptors (Lipinski definition) is 1.